The van der Waals surface area contributed by atoms with Gasteiger partial charge in [0.15, 0.2) is 6.10 Å². The van der Waals surface area contributed by atoms with Gasteiger partial charge < -0.3 is 14.8 Å². The number of rotatable bonds is 7. The molecule has 0 aliphatic carbocycles. The maximum absolute atomic E-state index is 12.2. The molecule has 28 heavy (non-hydrogen) atoms. The van der Waals surface area contributed by atoms with E-state index < -0.39 is 12.1 Å². The molecule has 5 nitrogen and oxygen atoms in total. The number of fused-ring (bicyclic) bond motifs is 1. The van der Waals surface area contributed by atoms with Crippen molar-refractivity contribution < 1.29 is 19.1 Å². The predicted octanol–water partition coefficient (Wildman–Crippen LogP) is 4.51. The van der Waals surface area contributed by atoms with E-state index in [0.717, 1.165) is 15.7 Å². The summed E-state index contributed by atoms with van der Waals surface area (Å²) >= 11 is 1.38. The third kappa shape index (κ3) is 5.27. The molecule has 0 bridgehead atoms. The summed E-state index contributed by atoms with van der Waals surface area (Å²) in [6.07, 6.45) is -0.883. The third-order valence-corrected chi connectivity index (χ3v) is 5.08. The summed E-state index contributed by atoms with van der Waals surface area (Å²) in [6.45, 7) is 1.55. The summed E-state index contributed by atoms with van der Waals surface area (Å²) in [5, 5.41) is 4.98. The first kappa shape index (κ1) is 19.8. The molecule has 144 valence electrons. The molecule has 3 aromatic rings. The monoisotopic (exact) mass is 395 g/mol. The van der Waals surface area contributed by atoms with Gasteiger partial charge in [-0.1, -0.05) is 30.3 Å². The van der Waals surface area contributed by atoms with Crippen molar-refractivity contribution in [1.82, 2.24) is 0 Å². The van der Waals surface area contributed by atoms with Crippen LogP contribution in [0, 0.1) is 0 Å². The second kappa shape index (κ2) is 9.28. The van der Waals surface area contributed by atoms with E-state index in [9.17, 15) is 9.59 Å². The number of nitrogens with one attached hydrogen (secondary N) is 1. The van der Waals surface area contributed by atoms with Crippen LogP contribution in [0.3, 0.4) is 0 Å². The smallest absolute Gasteiger partial charge is 0.317 e. The second-order valence-corrected chi connectivity index (χ2v) is 7.20. The summed E-state index contributed by atoms with van der Waals surface area (Å²) in [4.78, 5) is 25.3. The van der Waals surface area contributed by atoms with Crippen LogP contribution in [0.5, 0.6) is 5.75 Å². The second-order valence-electron chi connectivity index (χ2n) is 6.15. The summed E-state index contributed by atoms with van der Waals surface area (Å²) in [6, 6.07) is 21.0. The van der Waals surface area contributed by atoms with E-state index in [4.69, 9.17) is 9.47 Å². The van der Waals surface area contributed by atoms with Crippen LogP contribution in [0.2, 0.25) is 0 Å². The van der Waals surface area contributed by atoms with Crippen molar-refractivity contribution in [2.24, 2.45) is 0 Å². The van der Waals surface area contributed by atoms with Crippen LogP contribution < -0.4 is 10.1 Å². The molecule has 1 atom stereocenters. The van der Waals surface area contributed by atoms with Crippen LogP contribution >= 0.6 is 11.8 Å². The van der Waals surface area contributed by atoms with Gasteiger partial charge in [0, 0.05) is 10.6 Å². The van der Waals surface area contributed by atoms with Crippen molar-refractivity contribution in [3.63, 3.8) is 0 Å². The van der Waals surface area contributed by atoms with Gasteiger partial charge in [-0.3, -0.25) is 9.59 Å². The Kier molecular flexibility index (Phi) is 6.55. The molecule has 0 heterocycles. The topological polar surface area (TPSA) is 64.6 Å². The molecule has 0 radical (unpaired) electrons. The maximum atomic E-state index is 12.2. The minimum atomic E-state index is -0.883. The zero-order valence-corrected chi connectivity index (χ0v) is 16.5. The number of carbonyl (C=O) groups is 2. The van der Waals surface area contributed by atoms with Gasteiger partial charge >= 0.3 is 5.97 Å². The van der Waals surface area contributed by atoms with Crippen LogP contribution in [0.25, 0.3) is 10.8 Å². The predicted molar refractivity (Wildman–Crippen MR) is 112 cm³/mol. The molecule has 0 spiro atoms. The molecular formula is C22H21NO4S. The summed E-state index contributed by atoms with van der Waals surface area (Å²) in [7, 11) is 1.57. The normalized spacial score (nSPS) is 11.6. The number of amides is 1. The fraction of sp³-hybridized carbons (Fsp3) is 0.182. The molecular weight excluding hydrogens is 374 g/mol. The molecule has 0 saturated heterocycles. The Morgan fingerprint density at radius 3 is 2.43 bits per heavy atom. The van der Waals surface area contributed by atoms with Gasteiger partial charge in [0.2, 0.25) is 0 Å². The quantitative estimate of drug-likeness (QED) is 0.471. The van der Waals surface area contributed by atoms with Gasteiger partial charge in [0.1, 0.15) is 5.75 Å². The number of methoxy groups -OCH3 is 1. The average molecular weight is 395 g/mol. The van der Waals surface area contributed by atoms with Crippen molar-refractivity contribution in [1.29, 1.82) is 0 Å². The van der Waals surface area contributed by atoms with E-state index in [-0.39, 0.29) is 11.7 Å². The van der Waals surface area contributed by atoms with E-state index in [2.05, 4.69) is 5.32 Å². The highest BCUT2D eigenvalue weighted by Gasteiger charge is 2.18. The Bertz CT molecular complexity index is 972. The maximum Gasteiger partial charge on any atom is 0.317 e. The molecule has 0 fully saturated rings. The number of thioether (sulfide) groups is 1. The summed E-state index contributed by atoms with van der Waals surface area (Å²) in [5.74, 6) is 0.0198. The highest BCUT2D eigenvalue weighted by Crippen LogP contribution is 2.24. The zero-order valence-electron chi connectivity index (χ0n) is 15.7. The van der Waals surface area contributed by atoms with E-state index in [1.54, 1.807) is 38.3 Å². The number of hydrogen-bond acceptors (Lipinski definition) is 5. The lowest BCUT2D eigenvalue weighted by molar-refractivity contribution is -0.150. The molecule has 3 aromatic carbocycles. The van der Waals surface area contributed by atoms with Gasteiger partial charge in [-0.05, 0) is 54.1 Å². The van der Waals surface area contributed by atoms with Crippen LogP contribution in [0.1, 0.15) is 6.92 Å². The van der Waals surface area contributed by atoms with E-state index in [1.807, 2.05) is 42.5 Å². The summed E-state index contributed by atoms with van der Waals surface area (Å²) < 4.78 is 10.3. The Morgan fingerprint density at radius 1 is 1.00 bits per heavy atom. The number of benzene rings is 3. The lowest BCUT2D eigenvalue weighted by Crippen LogP contribution is -2.30. The Morgan fingerprint density at radius 2 is 1.71 bits per heavy atom. The van der Waals surface area contributed by atoms with Crippen molar-refractivity contribution in [3.8, 4) is 5.75 Å². The number of hydrogen-bond donors (Lipinski definition) is 1. The first-order valence-electron chi connectivity index (χ1n) is 8.81. The minimum Gasteiger partial charge on any atom is -0.497 e. The highest BCUT2D eigenvalue weighted by molar-refractivity contribution is 8.00. The Balaban J connectivity index is 1.49. The van der Waals surface area contributed by atoms with Crippen LogP contribution in [0.15, 0.2) is 71.6 Å². The molecule has 6 heteroatoms. The molecule has 0 aliphatic rings. The van der Waals surface area contributed by atoms with E-state index in [1.165, 1.54) is 11.8 Å². The molecule has 1 N–H and O–H groups in total. The number of carbonyl (C=O) groups excluding carboxylic acids is 2. The first-order chi connectivity index (χ1) is 13.5. The highest BCUT2D eigenvalue weighted by atomic mass is 32.2. The van der Waals surface area contributed by atoms with Crippen molar-refractivity contribution in [3.05, 3.63) is 66.7 Å². The lowest BCUT2D eigenvalue weighted by Gasteiger charge is -2.13. The fourth-order valence-electron chi connectivity index (χ4n) is 2.60. The molecule has 1 amide bonds. The third-order valence-electron chi connectivity index (χ3n) is 4.11. The summed E-state index contributed by atoms with van der Waals surface area (Å²) in [5.41, 5.74) is 0.610. The van der Waals surface area contributed by atoms with Crippen LogP contribution in [0.4, 0.5) is 5.69 Å². The van der Waals surface area contributed by atoms with Crippen molar-refractivity contribution >= 4 is 40.1 Å². The number of esters is 1. The van der Waals surface area contributed by atoms with Gasteiger partial charge in [-0.2, -0.15) is 0 Å². The SMILES string of the molecule is COc1ccc(NC(=O)C(C)OC(=O)CSc2ccc3ccccc3c2)cc1. The number of anilines is 1. The average Bonchev–Trinajstić information content (AvgIpc) is 2.72. The molecule has 0 saturated carbocycles. The van der Waals surface area contributed by atoms with Gasteiger partial charge in [0.25, 0.3) is 5.91 Å². The first-order valence-corrected chi connectivity index (χ1v) is 9.80. The lowest BCUT2D eigenvalue weighted by atomic mass is 10.1. The van der Waals surface area contributed by atoms with E-state index >= 15 is 0 Å². The van der Waals surface area contributed by atoms with Crippen molar-refractivity contribution in [2.45, 2.75) is 17.9 Å². The molecule has 0 aliphatic heterocycles. The Labute approximate surface area is 168 Å². The molecule has 1 unspecified atom stereocenters. The van der Waals surface area contributed by atoms with Crippen molar-refractivity contribution in [2.75, 3.05) is 18.2 Å². The van der Waals surface area contributed by atoms with Gasteiger partial charge in [-0.15, -0.1) is 11.8 Å². The minimum absolute atomic E-state index is 0.137. The Hall–Kier alpha value is -2.99. The molecule has 0 aromatic heterocycles. The van der Waals surface area contributed by atoms with Crippen LogP contribution in [-0.2, 0) is 14.3 Å². The number of ether oxygens (including phenoxy) is 2. The molecule has 3 rings (SSSR count). The van der Waals surface area contributed by atoms with Crippen LogP contribution in [-0.4, -0.2) is 30.8 Å². The van der Waals surface area contributed by atoms with E-state index in [0.29, 0.717) is 11.4 Å². The van der Waals surface area contributed by atoms with Gasteiger partial charge in [-0.25, -0.2) is 0 Å². The largest absolute Gasteiger partial charge is 0.497 e. The fourth-order valence-corrected chi connectivity index (χ4v) is 3.33. The van der Waals surface area contributed by atoms with Gasteiger partial charge in [0.05, 0.1) is 12.9 Å². The standard InChI is InChI=1S/C22H21NO4S/c1-15(22(25)23-18-8-10-19(26-2)11-9-18)27-21(24)14-28-20-12-7-16-5-3-4-6-17(16)13-20/h3-13,15H,14H2,1-2H3,(H,23,25). The zero-order chi connectivity index (χ0) is 19.9.